The molecule has 20 heavy (non-hydrogen) atoms. The lowest BCUT2D eigenvalue weighted by Gasteiger charge is -2.19. The Morgan fingerprint density at radius 2 is 2.10 bits per heavy atom. The van der Waals surface area contributed by atoms with Gasteiger partial charge in [-0.15, -0.1) is 0 Å². The van der Waals surface area contributed by atoms with Crippen molar-refractivity contribution < 1.29 is 23.7 Å². The number of epoxide rings is 1. The molecule has 2 bridgehead atoms. The molecule has 0 N–H and O–H groups in total. The first-order valence-corrected chi connectivity index (χ1v) is 6.73. The molecule has 0 aromatic heterocycles. The second-order valence-corrected chi connectivity index (χ2v) is 5.11. The first kappa shape index (κ1) is 12.2. The van der Waals surface area contributed by atoms with Gasteiger partial charge >= 0.3 is 0 Å². The highest BCUT2D eigenvalue weighted by atomic mass is 16.7. The molecule has 3 aliphatic heterocycles. The predicted octanol–water partition coefficient (Wildman–Crippen LogP) is 1.62. The molecule has 5 heteroatoms. The third-order valence-corrected chi connectivity index (χ3v) is 3.79. The summed E-state index contributed by atoms with van der Waals surface area (Å²) >= 11 is 0. The zero-order valence-electron chi connectivity index (χ0n) is 11.2. The van der Waals surface area contributed by atoms with Crippen LogP contribution in [-0.2, 0) is 25.6 Å². The number of hydrogen-bond donors (Lipinski definition) is 0. The van der Waals surface area contributed by atoms with Gasteiger partial charge in [0.2, 0.25) is 0 Å². The van der Waals surface area contributed by atoms with Crippen molar-refractivity contribution in [2.45, 2.75) is 31.2 Å². The summed E-state index contributed by atoms with van der Waals surface area (Å²) < 4.78 is 27.9. The minimum absolute atomic E-state index is 0.0344. The zero-order chi connectivity index (χ0) is 13.5. The third-order valence-electron chi connectivity index (χ3n) is 3.79. The van der Waals surface area contributed by atoms with Gasteiger partial charge in [-0.25, -0.2) is 0 Å². The molecule has 4 atom stereocenters. The van der Waals surface area contributed by atoms with Crippen LogP contribution in [0, 0.1) is 0 Å². The molecule has 2 fully saturated rings. The Kier molecular flexibility index (Phi) is 2.91. The minimum Gasteiger partial charge on any atom is -0.497 e. The van der Waals surface area contributed by atoms with Crippen LogP contribution in [0.15, 0.2) is 36.1 Å². The number of benzene rings is 1. The third kappa shape index (κ3) is 2.18. The topological polar surface area (TPSA) is 49.5 Å². The number of rotatable bonds is 4. The normalized spacial score (nSPS) is 33.8. The van der Waals surface area contributed by atoms with Crippen LogP contribution in [0.1, 0.15) is 5.56 Å². The Bertz CT molecular complexity index is 524. The predicted molar refractivity (Wildman–Crippen MR) is 69.1 cm³/mol. The summed E-state index contributed by atoms with van der Waals surface area (Å²) in [4.78, 5) is 0. The maximum atomic E-state index is 5.99. The largest absolute Gasteiger partial charge is 0.497 e. The van der Waals surface area contributed by atoms with Crippen LogP contribution in [0.4, 0.5) is 0 Å². The molecule has 0 amide bonds. The summed E-state index contributed by atoms with van der Waals surface area (Å²) in [6, 6.07) is 7.84. The molecule has 3 heterocycles. The van der Waals surface area contributed by atoms with Gasteiger partial charge in [-0.1, -0.05) is 12.1 Å². The Morgan fingerprint density at radius 3 is 2.90 bits per heavy atom. The van der Waals surface area contributed by atoms with Crippen molar-refractivity contribution in [3.63, 3.8) is 0 Å². The Morgan fingerprint density at radius 1 is 1.25 bits per heavy atom. The van der Waals surface area contributed by atoms with Crippen molar-refractivity contribution >= 4 is 0 Å². The molecule has 0 aliphatic carbocycles. The Hall–Kier alpha value is -1.56. The fourth-order valence-corrected chi connectivity index (χ4v) is 2.61. The van der Waals surface area contributed by atoms with E-state index in [0.717, 1.165) is 17.1 Å². The molecule has 0 saturated carbocycles. The summed E-state index contributed by atoms with van der Waals surface area (Å²) in [6.07, 6.45) is 1.50. The summed E-state index contributed by atoms with van der Waals surface area (Å²) in [5, 5.41) is 0. The molecule has 3 aliphatic rings. The van der Waals surface area contributed by atoms with Gasteiger partial charge < -0.3 is 23.7 Å². The van der Waals surface area contributed by atoms with Crippen molar-refractivity contribution in [1.82, 2.24) is 0 Å². The minimum atomic E-state index is -0.269. The van der Waals surface area contributed by atoms with E-state index in [-0.39, 0.29) is 24.6 Å². The number of hydrogen-bond acceptors (Lipinski definition) is 5. The van der Waals surface area contributed by atoms with Crippen LogP contribution >= 0.6 is 0 Å². The molecule has 4 rings (SSSR count). The lowest BCUT2D eigenvalue weighted by atomic mass is 10.1. The Labute approximate surface area is 117 Å². The maximum absolute atomic E-state index is 5.99. The standard InChI is InChI=1S/C15H16O5/c1-16-10-4-2-9(3-5-10)7-18-14-12-8-17-13(19-12)6-11-15(14)20-11/h2-6,12-15H,7-8H2,1H3/t12?,13-,14-,15-/m1/s1. The summed E-state index contributed by atoms with van der Waals surface area (Å²) in [6.45, 7) is 1.08. The lowest BCUT2D eigenvalue weighted by Crippen LogP contribution is -2.35. The Balaban J connectivity index is 1.42. The molecular formula is C15H16O5. The van der Waals surface area contributed by atoms with Crippen LogP contribution in [0.25, 0.3) is 0 Å². The second-order valence-electron chi connectivity index (χ2n) is 5.11. The highest BCUT2D eigenvalue weighted by Crippen LogP contribution is 2.40. The summed E-state index contributed by atoms with van der Waals surface area (Å²) in [5.41, 5.74) is 1.09. The first-order chi connectivity index (χ1) is 9.83. The van der Waals surface area contributed by atoms with Crippen molar-refractivity contribution in [1.29, 1.82) is 0 Å². The SMILES string of the molecule is COc1ccc(CO[C@@H]2C3CO[C@@H](C=C4O[C@H]42)O3)cc1. The van der Waals surface area contributed by atoms with Crippen LogP contribution in [0.5, 0.6) is 5.75 Å². The smallest absolute Gasteiger partial charge is 0.184 e. The second kappa shape index (κ2) is 4.77. The van der Waals surface area contributed by atoms with Gasteiger partial charge in [0.1, 0.15) is 23.7 Å². The van der Waals surface area contributed by atoms with Gasteiger partial charge in [0, 0.05) is 6.08 Å². The molecule has 2 saturated heterocycles. The fraction of sp³-hybridized carbons (Fsp3) is 0.467. The first-order valence-electron chi connectivity index (χ1n) is 6.73. The molecule has 5 nitrogen and oxygen atoms in total. The van der Waals surface area contributed by atoms with E-state index in [1.165, 1.54) is 0 Å². The summed E-state index contributed by atoms with van der Waals surface area (Å²) in [5.74, 6) is 1.77. The van der Waals surface area contributed by atoms with E-state index in [4.69, 9.17) is 23.7 Å². The van der Waals surface area contributed by atoms with E-state index in [1.54, 1.807) is 7.11 Å². The van der Waals surface area contributed by atoms with Crippen LogP contribution < -0.4 is 4.74 Å². The monoisotopic (exact) mass is 276 g/mol. The quantitative estimate of drug-likeness (QED) is 0.782. The van der Waals surface area contributed by atoms with Crippen molar-refractivity contribution in [3.05, 3.63) is 41.7 Å². The molecular weight excluding hydrogens is 260 g/mol. The number of ether oxygens (including phenoxy) is 5. The van der Waals surface area contributed by atoms with Crippen LogP contribution in [0.2, 0.25) is 0 Å². The molecule has 0 spiro atoms. The number of methoxy groups -OCH3 is 1. The van der Waals surface area contributed by atoms with Crippen LogP contribution in [-0.4, -0.2) is 38.3 Å². The van der Waals surface area contributed by atoms with Crippen molar-refractivity contribution in [2.24, 2.45) is 0 Å². The van der Waals surface area contributed by atoms with Gasteiger partial charge in [0.15, 0.2) is 12.4 Å². The fourth-order valence-electron chi connectivity index (χ4n) is 2.61. The van der Waals surface area contributed by atoms with Gasteiger partial charge in [-0.2, -0.15) is 0 Å². The zero-order valence-corrected chi connectivity index (χ0v) is 11.2. The average Bonchev–Trinajstić information content (AvgIpc) is 3.06. The van der Waals surface area contributed by atoms with Crippen LogP contribution in [0.3, 0.4) is 0 Å². The molecule has 1 unspecified atom stereocenters. The number of fused-ring (bicyclic) bond motifs is 3. The highest BCUT2D eigenvalue weighted by molar-refractivity contribution is 5.27. The molecule has 1 aromatic carbocycles. The molecule has 1 aromatic rings. The van der Waals surface area contributed by atoms with Gasteiger partial charge in [0.25, 0.3) is 0 Å². The van der Waals surface area contributed by atoms with E-state index < -0.39 is 0 Å². The maximum Gasteiger partial charge on any atom is 0.184 e. The van der Waals surface area contributed by atoms with E-state index in [2.05, 4.69) is 0 Å². The van der Waals surface area contributed by atoms with Crippen molar-refractivity contribution in [3.8, 4) is 5.75 Å². The van der Waals surface area contributed by atoms with Gasteiger partial charge in [-0.3, -0.25) is 0 Å². The average molecular weight is 276 g/mol. The van der Waals surface area contributed by atoms with Gasteiger partial charge in [0.05, 0.1) is 20.3 Å². The van der Waals surface area contributed by atoms with E-state index in [1.807, 2.05) is 30.3 Å². The summed E-state index contributed by atoms with van der Waals surface area (Å²) in [7, 11) is 1.66. The highest BCUT2D eigenvalue weighted by Gasteiger charge is 2.51. The molecule has 106 valence electrons. The van der Waals surface area contributed by atoms with E-state index in [9.17, 15) is 0 Å². The van der Waals surface area contributed by atoms with Crippen molar-refractivity contribution in [2.75, 3.05) is 13.7 Å². The van der Waals surface area contributed by atoms with E-state index in [0.29, 0.717) is 13.2 Å². The van der Waals surface area contributed by atoms with E-state index >= 15 is 0 Å². The molecule has 0 radical (unpaired) electrons. The van der Waals surface area contributed by atoms with Gasteiger partial charge in [-0.05, 0) is 17.7 Å². The lowest BCUT2D eigenvalue weighted by molar-refractivity contribution is -0.0853.